The van der Waals surface area contributed by atoms with Crippen LogP contribution in [0.5, 0.6) is 0 Å². The highest BCUT2D eigenvalue weighted by molar-refractivity contribution is 9.10. The van der Waals surface area contributed by atoms with E-state index in [-0.39, 0.29) is 5.91 Å². The highest BCUT2D eigenvalue weighted by Crippen LogP contribution is 2.15. The molecule has 1 saturated heterocycles. The molecule has 0 aromatic heterocycles. The Hall–Kier alpha value is -0.870. The maximum Gasteiger partial charge on any atom is 0.253 e. The van der Waals surface area contributed by atoms with Gasteiger partial charge in [0, 0.05) is 42.8 Å². The number of halogens is 1. The van der Waals surface area contributed by atoms with E-state index in [0.29, 0.717) is 5.92 Å². The first kappa shape index (κ1) is 14.5. The molecule has 0 radical (unpaired) electrons. The van der Waals surface area contributed by atoms with Gasteiger partial charge in [-0.2, -0.15) is 0 Å². The average molecular weight is 325 g/mol. The van der Waals surface area contributed by atoms with Gasteiger partial charge in [0.05, 0.1) is 0 Å². The summed E-state index contributed by atoms with van der Waals surface area (Å²) >= 11 is 3.41. The summed E-state index contributed by atoms with van der Waals surface area (Å²) in [6.45, 7) is 9.23. The molecule has 104 valence electrons. The number of amides is 1. The predicted octanol–water partition coefficient (Wildman–Crippen LogP) is 2.86. The quantitative estimate of drug-likeness (QED) is 0.853. The molecule has 0 unspecified atom stereocenters. The van der Waals surface area contributed by atoms with Crippen molar-refractivity contribution in [3.63, 3.8) is 0 Å². The third kappa shape index (κ3) is 4.05. The van der Waals surface area contributed by atoms with Crippen molar-refractivity contribution >= 4 is 21.8 Å². The van der Waals surface area contributed by atoms with Gasteiger partial charge in [-0.1, -0.05) is 35.8 Å². The SMILES string of the molecule is CC(C)CN1CCN(C(=O)c2cccc(Br)c2)CC1. The zero-order valence-corrected chi connectivity index (χ0v) is 13.2. The van der Waals surface area contributed by atoms with Crippen LogP contribution in [0.25, 0.3) is 0 Å². The largest absolute Gasteiger partial charge is 0.336 e. The van der Waals surface area contributed by atoms with Gasteiger partial charge in [-0.3, -0.25) is 9.69 Å². The summed E-state index contributed by atoms with van der Waals surface area (Å²) in [6.07, 6.45) is 0. The summed E-state index contributed by atoms with van der Waals surface area (Å²) in [5, 5.41) is 0. The Morgan fingerprint density at radius 1 is 1.26 bits per heavy atom. The molecule has 1 fully saturated rings. The third-order valence-corrected chi connectivity index (χ3v) is 3.85. The van der Waals surface area contributed by atoms with Gasteiger partial charge in [0.2, 0.25) is 0 Å². The lowest BCUT2D eigenvalue weighted by Gasteiger charge is -2.35. The average Bonchev–Trinajstić information content (AvgIpc) is 2.38. The second-order valence-electron chi connectivity index (χ2n) is 5.50. The van der Waals surface area contributed by atoms with Gasteiger partial charge in [0.1, 0.15) is 0 Å². The molecule has 0 atom stereocenters. The minimum atomic E-state index is 0.144. The van der Waals surface area contributed by atoms with Crippen LogP contribution in [0.15, 0.2) is 28.7 Å². The van der Waals surface area contributed by atoms with Crippen molar-refractivity contribution in [3.8, 4) is 0 Å². The van der Waals surface area contributed by atoms with Gasteiger partial charge in [0.15, 0.2) is 0 Å². The van der Waals surface area contributed by atoms with Crippen molar-refractivity contribution in [1.82, 2.24) is 9.80 Å². The predicted molar refractivity (Wildman–Crippen MR) is 81.3 cm³/mol. The first-order valence-electron chi connectivity index (χ1n) is 6.83. The number of piperazine rings is 1. The van der Waals surface area contributed by atoms with Crippen LogP contribution in [0.4, 0.5) is 0 Å². The van der Waals surface area contributed by atoms with Crippen molar-refractivity contribution < 1.29 is 4.79 Å². The molecule has 4 heteroatoms. The van der Waals surface area contributed by atoms with Crippen molar-refractivity contribution in [2.45, 2.75) is 13.8 Å². The van der Waals surface area contributed by atoms with E-state index in [1.54, 1.807) is 0 Å². The van der Waals surface area contributed by atoms with Gasteiger partial charge < -0.3 is 4.90 Å². The van der Waals surface area contributed by atoms with Crippen LogP contribution in [0.1, 0.15) is 24.2 Å². The fourth-order valence-electron chi connectivity index (χ4n) is 2.45. The second kappa shape index (κ2) is 6.53. The van der Waals surface area contributed by atoms with Crippen LogP contribution in [-0.2, 0) is 0 Å². The number of hydrogen-bond acceptors (Lipinski definition) is 2. The Morgan fingerprint density at radius 3 is 2.53 bits per heavy atom. The Morgan fingerprint density at radius 2 is 1.95 bits per heavy atom. The molecule has 1 heterocycles. The summed E-state index contributed by atoms with van der Waals surface area (Å²) < 4.78 is 0.955. The van der Waals surface area contributed by atoms with Gasteiger partial charge >= 0.3 is 0 Å². The minimum Gasteiger partial charge on any atom is -0.336 e. The van der Waals surface area contributed by atoms with E-state index >= 15 is 0 Å². The molecule has 0 aliphatic carbocycles. The van der Waals surface area contributed by atoms with E-state index in [1.165, 1.54) is 0 Å². The van der Waals surface area contributed by atoms with Crippen molar-refractivity contribution in [2.75, 3.05) is 32.7 Å². The van der Waals surface area contributed by atoms with Crippen molar-refractivity contribution in [2.24, 2.45) is 5.92 Å². The van der Waals surface area contributed by atoms with Crippen LogP contribution in [0, 0.1) is 5.92 Å². The summed E-state index contributed by atoms with van der Waals surface area (Å²) in [5.41, 5.74) is 0.770. The van der Waals surface area contributed by atoms with Crippen LogP contribution in [0.3, 0.4) is 0 Å². The lowest BCUT2D eigenvalue weighted by atomic mass is 10.1. The van der Waals surface area contributed by atoms with E-state index in [1.807, 2.05) is 29.2 Å². The molecule has 0 spiro atoms. The summed E-state index contributed by atoms with van der Waals surface area (Å²) in [4.78, 5) is 16.8. The molecule has 1 aliphatic heterocycles. The fourth-order valence-corrected chi connectivity index (χ4v) is 2.85. The van der Waals surface area contributed by atoms with Crippen LogP contribution in [-0.4, -0.2) is 48.4 Å². The second-order valence-corrected chi connectivity index (χ2v) is 6.41. The smallest absolute Gasteiger partial charge is 0.253 e. The lowest BCUT2D eigenvalue weighted by Crippen LogP contribution is -2.49. The first-order chi connectivity index (χ1) is 9.06. The molecule has 1 aromatic carbocycles. The lowest BCUT2D eigenvalue weighted by molar-refractivity contribution is 0.0624. The maximum atomic E-state index is 12.4. The summed E-state index contributed by atoms with van der Waals surface area (Å²) in [5.74, 6) is 0.831. The monoisotopic (exact) mass is 324 g/mol. The number of benzene rings is 1. The van der Waals surface area contributed by atoms with Gasteiger partial charge in [-0.25, -0.2) is 0 Å². The molecule has 3 nitrogen and oxygen atoms in total. The van der Waals surface area contributed by atoms with Crippen molar-refractivity contribution in [3.05, 3.63) is 34.3 Å². The van der Waals surface area contributed by atoms with Crippen LogP contribution in [0.2, 0.25) is 0 Å². The van der Waals surface area contributed by atoms with E-state index in [4.69, 9.17) is 0 Å². The molecular weight excluding hydrogens is 304 g/mol. The Kier molecular flexibility index (Phi) is 4.99. The number of nitrogens with zero attached hydrogens (tertiary/aromatic N) is 2. The molecule has 0 N–H and O–H groups in total. The zero-order chi connectivity index (χ0) is 13.8. The molecule has 1 aromatic rings. The van der Waals surface area contributed by atoms with E-state index in [2.05, 4.69) is 34.7 Å². The van der Waals surface area contributed by atoms with Gasteiger partial charge in [0.25, 0.3) is 5.91 Å². The third-order valence-electron chi connectivity index (χ3n) is 3.35. The molecule has 0 bridgehead atoms. The standard InChI is InChI=1S/C15H21BrN2O/c1-12(2)11-17-6-8-18(9-7-17)15(19)13-4-3-5-14(16)10-13/h3-5,10,12H,6-9,11H2,1-2H3. The molecular formula is C15H21BrN2O. The highest BCUT2D eigenvalue weighted by atomic mass is 79.9. The van der Waals surface area contributed by atoms with Crippen LogP contribution >= 0.6 is 15.9 Å². The Bertz CT molecular complexity index is 440. The molecule has 1 amide bonds. The summed E-state index contributed by atoms with van der Waals surface area (Å²) in [7, 11) is 0. The highest BCUT2D eigenvalue weighted by Gasteiger charge is 2.22. The molecule has 0 saturated carbocycles. The first-order valence-corrected chi connectivity index (χ1v) is 7.63. The van der Waals surface area contributed by atoms with E-state index < -0.39 is 0 Å². The number of carbonyl (C=O) groups is 1. The Labute approximate surface area is 123 Å². The van der Waals surface area contributed by atoms with Crippen molar-refractivity contribution in [1.29, 1.82) is 0 Å². The molecule has 2 rings (SSSR count). The zero-order valence-electron chi connectivity index (χ0n) is 11.6. The number of hydrogen-bond donors (Lipinski definition) is 0. The molecule has 1 aliphatic rings. The fraction of sp³-hybridized carbons (Fsp3) is 0.533. The maximum absolute atomic E-state index is 12.4. The minimum absolute atomic E-state index is 0.144. The Balaban J connectivity index is 1.92. The van der Waals surface area contributed by atoms with Gasteiger partial charge in [-0.15, -0.1) is 0 Å². The molecule has 19 heavy (non-hydrogen) atoms. The summed E-state index contributed by atoms with van der Waals surface area (Å²) in [6, 6.07) is 7.63. The van der Waals surface area contributed by atoms with Gasteiger partial charge in [-0.05, 0) is 24.1 Å². The topological polar surface area (TPSA) is 23.6 Å². The van der Waals surface area contributed by atoms with E-state index in [0.717, 1.165) is 42.8 Å². The number of rotatable bonds is 3. The van der Waals surface area contributed by atoms with Crippen LogP contribution < -0.4 is 0 Å². The normalized spacial score (nSPS) is 16.9. The van der Waals surface area contributed by atoms with E-state index in [9.17, 15) is 4.79 Å². The number of carbonyl (C=O) groups excluding carboxylic acids is 1.